The zero-order chi connectivity index (χ0) is 35.2. The third-order valence-corrected chi connectivity index (χ3v) is 11.3. The predicted molar refractivity (Wildman–Crippen MR) is 224 cm³/mol. The summed E-state index contributed by atoms with van der Waals surface area (Å²) in [5.74, 6) is 0.910. The van der Waals surface area contributed by atoms with Crippen molar-refractivity contribution >= 4 is 72.2 Å². The van der Waals surface area contributed by atoms with Gasteiger partial charge < -0.3 is 4.57 Å². The van der Waals surface area contributed by atoms with Gasteiger partial charge in [-0.25, -0.2) is 4.98 Å². The van der Waals surface area contributed by atoms with Crippen molar-refractivity contribution in [3.63, 3.8) is 0 Å². The third kappa shape index (κ3) is 4.24. The molecule has 4 aromatic heterocycles. The number of pyridine rings is 2. The lowest BCUT2D eigenvalue weighted by atomic mass is 9.99. The summed E-state index contributed by atoms with van der Waals surface area (Å²) in [7, 11) is 0. The molecule has 0 radical (unpaired) electrons. The van der Waals surface area contributed by atoms with E-state index in [2.05, 4.69) is 167 Å². The van der Waals surface area contributed by atoms with Crippen molar-refractivity contribution in [2.24, 2.45) is 0 Å². The second-order valence-electron chi connectivity index (χ2n) is 14.1. The molecular weight excluding hydrogens is 645 g/mol. The molecule has 2 aliphatic rings. The molecule has 2 aliphatic carbocycles. The Morgan fingerprint density at radius 2 is 1.51 bits per heavy atom. The van der Waals surface area contributed by atoms with Gasteiger partial charge in [0, 0.05) is 56.1 Å². The Hall–Kier alpha value is -6.78. The van der Waals surface area contributed by atoms with Crippen molar-refractivity contribution in [2.45, 2.75) is 19.8 Å². The number of nitrogens with zero attached hydrogens (tertiary/aromatic N) is 4. The largest absolute Gasteiger partial charge is 0.310 e. The number of rotatable bonds is 5. The van der Waals surface area contributed by atoms with Gasteiger partial charge in [0.2, 0.25) is 0 Å². The SMILES string of the molecule is C=Cc1c(/C=C\C)c2cc(-c3ccc4c(c3)c3ccc5ccccc5c3n4-c3cc4c(cn3)-c3cccc5nccc-4c35)ccc2n1C1=CCCC=C1. The fraction of sp³-hybridized carbons (Fsp3) is 0.0612. The summed E-state index contributed by atoms with van der Waals surface area (Å²) in [6, 6.07) is 37.8. The first kappa shape index (κ1) is 29.9. The van der Waals surface area contributed by atoms with E-state index < -0.39 is 0 Å². The summed E-state index contributed by atoms with van der Waals surface area (Å²) < 4.78 is 4.73. The number of hydrogen-bond donors (Lipinski definition) is 0. The molecule has 5 aromatic carbocycles. The highest BCUT2D eigenvalue weighted by Gasteiger charge is 2.25. The molecule has 0 amide bonds. The van der Waals surface area contributed by atoms with E-state index in [9.17, 15) is 0 Å². The van der Waals surface area contributed by atoms with E-state index in [0.29, 0.717) is 0 Å². The van der Waals surface area contributed by atoms with Gasteiger partial charge in [0.05, 0.1) is 27.8 Å². The van der Waals surface area contributed by atoms with Crippen molar-refractivity contribution in [1.29, 1.82) is 0 Å². The molecule has 4 heteroatoms. The number of fused-ring (bicyclic) bond motifs is 9. The molecule has 250 valence electrons. The van der Waals surface area contributed by atoms with Crippen LogP contribution in [0.2, 0.25) is 0 Å². The van der Waals surface area contributed by atoms with E-state index in [1.54, 1.807) is 0 Å². The highest BCUT2D eigenvalue weighted by molar-refractivity contribution is 6.20. The maximum Gasteiger partial charge on any atom is 0.138 e. The van der Waals surface area contributed by atoms with Gasteiger partial charge in [0.15, 0.2) is 0 Å². The molecule has 0 bridgehead atoms. The van der Waals surface area contributed by atoms with Crippen LogP contribution in [0, 0.1) is 0 Å². The third-order valence-electron chi connectivity index (χ3n) is 11.3. The van der Waals surface area contributed by atoms with Crippen molar-refractivity contribution in [3.05, 3.63) is 158 Å². The molecule has 0 spiro atoms. The van der Waals surface area contributed by atoms with Gasteiger partial charge in [-0.05, 0) is 108 Å². The van der Waals surface area contributed by atoms with Crippen molar-refractivity contribution in [3.8, 4) is 39.2 Å². The Morgan fingerprint density at radius 3 is 2.34 bits per heavy atom. The van der Waals surface area contributed by atoms with Gasteiger partial charge in [-0.3, -0.25) is 9.55 Å². The van der Waals surface area contributed by atoms with E-state index >= 15 is 0 Å². The Kier molecular flexibility index (Phi) is 6.41. The standard InChI is InChI=1S/C49H34N4/c1-3-11-35-40-26-31(19-22-45(40)52(44(35)4-2)33-13-6-5-7-14-33)32-20-23-46-41(27-32)38-21-18-30-12-8-9-15-34(30)49(38)53(46)47-28-39-37-24-25-50-43-17-10-16-36(48(37)43)42(39)29-51-47/h3-4,6,8-29H,2,5,7H2,1H3/b11-3-. The van der Waals surface area contributed by atoms with Crippen LogP contribution < -0.4 is 0 Å². The number of hydrogen-bond acceptors (Lipinski definition) is 2. The average Bonchev–Trinajstić information content (AvgIpc) is 3.84. The summed E-state index contributed by atoms with van der Waals surface area (Å²) in [6.07, 6.45) is 19.3. The number of aromatic nitrogens is 4. The van der Waals surface area contributed by atoms with Gasteiger partial charge >= 0.3 is 0 Å². The Bertz CT molecular complexity index is 3140. The van der Waals surface area contributed by atoms with Gasteiger partial charge in [0.25, 0.3) is 0 Å². The normalized spacial score (nSPS) is 13.6. The minimum atomic E-state index is 0.910. The maximum atomic E-state index is 5.19. The Labute approximate surface area is 307 Å². The van der Waals surface area contributed by atoms with Gasteiger partial charge in [-0.1, -0.05) is 91.5 Å². The summed E-state index contributed by atoms with van der Waals surface area (Å²) in [6.45, 7) is 6.32. The van der Waals surface area contributed by atoms with Crippen molar-refractivity contribution in [2.75, 3.05) is 0 Å². The molecule has 11 rings (SSSR count). The van der Waals surface area contributed by atoms with Crippen molar-refractivity contribution in [1.82, 2.24) is 19.1 Å². The Balaban J connectivity index is 1.14. The lowest BCUT2D eigenvalue weighted by molar-refractivity contribution is 1.01. The van der Waals surface area contributed by atoms with Gasteiger partial charge in [0.1, 0.15) is 5.82 Å². The summed E-state index contributed by atoms with van der Waals surface area (Å²) >= 11 is 0. The van der Waals surface area contributed by atoms with E-state index in [4.69, 9.17) is 4.98 Å². The van der Waals surface area contributed by atoms with Crippen LogP contribution in [0.4, 0.5) is 0 Å². The predicted octanol–water partition coefficient (Wildman–Crippen LogP) is 13.0. The quantitative estimate of drug-likeness (QED) is 0.182. The van der Waals surface area contributed by atoms with E-state index in [1.165, 1.54) is 82.4 Å². The smallest absolute Gasteiger partial charge is 0.138 e. The first-order valence-corrected chi connectivity index (χ1v) is 18.4. The van der Waals surface area contributed by atoms with Gasteiger partial charge in [-0.2, -0.15) is 0 Å². The zero-order valence-electron chi connectivity index (χ0n) is 29.3. The first-order chi connectivity index (χ1) is 26.2. The molecule has 53 heavy (non-hydrogen) atoms. The minimum absolute atomic E-state index is 0.910. The second-order valence-corrected chi connectivity index (χ2v) is 14.1. The first-order valence-electron chi connectivity index (χ1n) is 18.4. The molecule has 4 nitrogen and oxygen atoms in total. The van der Waals surface area contributed by atoms with Crippen LogP contribution in [-0.4, -0.2) is 19.1 Å². The van der Waals surface area contributed by atoms with Crippen LogP contribution >= 0.6 is 0 Å². The fourth-order valence-electron chi connectivity index (χ4n) is 8.96. The lowest BCUT2D eigenvalue weighted by Crippen LogP contribution is -1.99. The van der Waals surface area contributed by atoms with Crippen LogP contribution in [0.5, 0.6) is 0 Å². The van der Waals surface area contributed by atoms with Crippen LogP contribution in [0.1, 0.15) is 31.0 Å². The summed E-state index contributed by atoms with van der Waals surface area (Å²) in [4.78, 5) is 9.85. The highest BCUT2D eigenvalue weighted by atomic mass is 15.1. The molecule has 0 fully saturated rings. The van der Waals surface area contributed by atoms with E-state index in [1.807, 2.05) is 12.3 Å². The molecular formula is C49H34N4. The molecule has 0 aliphatic heterocycles. The molecule has 0 unspecified atom stereocenters. The van der Waals surface area contributed by atoms with Crippen LogP contribution in [0.15, 0.2) is 146 Å². The summed E-state index contributed by atoms with van der Waals surface area (Å²) in [5.41, 5.74) is 15.2. The molecule has 0 N–H and O–H groups in total. The van der Waals surface area contributed by atoms with Crippen LogP contribution in [0.25, 0.3) is 111 Å². The molecule has 0 atom stereocenters. The zero-order valence-corrected chi connectivity index (χ0v) is 29.3. The van der Waals surface area contributed by atoms with Gasteiger partial charge in [-0.15, -0.1) is 0 Å². The molecule has 4 heterocycles. The van der Waals surface area contributed by atoms with Crippen LogP contribution in [-0.2, 0) is 0 Å². The molecule has 0 saturated heterocycles. The maximum absolute atomic E-state index is 5.19. The minimum Gasteiger partial charge on any atom is -0.310 e. The Morgan fingerprint density at radius 1 is 0.679 bits per heavy atom. The average molecular weight is 679 g/mol. The fourth-order valence-corrected chi connectivity index (χ4v) is 8.96. The monoisotopic (exact) mass is 678 g/mol. The second kappa shape index (κ2) is 11.4. The van der Waals surface area contributed by atoms with E-state index in [0.717, 1.165) is 41.0 Å². The highest BCUT2D eigenvalue weighted by Crippen LogP contribution is 2.47. The lowest BCUT2D eigenvalue weighted by Gasteiger charge is -2.13. The van der Waals surface area contributed by atoms with Crippen LogP contribution in [0.3, 0.4) is 0 Å². The van der Waals surface area contributed by atoms with Crippen molar-refractivity contribution < 1.29 is 0 Å². The van der Waals surface area contributed by atoms with E-state index in [-0.39, 0.29) is 0 Å². The molecule has 0 saturated carbocycles. The topological polar surface area (TPSA) is 35.6 Å². The number of benzene rings is 5. The number of allylic oxidation sites excluding steroid dienone is 5. The molecule has 9 aromatic rings. The summed E-state index contributed by atoms with van der Waals surface area (Å²) in [5, 5.41) is 7.26.